The Morgan fingerprint density at radius 2 is 2.12 bits per heavy atom. The summed E-state index contributed by atoms with van der Waals surface area (Å²) in [6.45, 7) is 4.19. The van der Waals surface area contributed by atoms with Gasteiger partial charge in [0.1, 0.15) is 0 Å². The number of halogens is 1. The first kappa shape index (κ1) is 12.6. The van der Waals surface area contributed by atoms with Crippen molar-refractivity contribution in [1.29, 1.82) is 0 Å². The van der Waals surface area contributed by atoms with Gasteiger partial charge in [0.15, 0.2) is 11.6 Å². The fourth-order valence-electron chi connectivity index (χ4n) is 1.53. The van der Waals surface area contributed by atoms with Crippen LogP contribution in [0.1, 0.15) is 20.3 Å². The van der Waals surface area contributed by atoms with E-state index in [1.165, 1.54) is 13.2 Å². The van der Waals surface area contributed by atoms with Gasteiger partial charge in [-0.15, -0.1) is 0 Å². The molecule has 0 saturated heterocycles. The van der Waals surface area contributed by atoms with Crippen molar-refractivity contribution in [1.82, 2.24) is 0 Å². The molecule has 1 atom stereocenters. The number of nitrogen functional groups attached to an aromatic ring is 1. The third-order valence-corrected chi connectivity index (χ3v) is 2.93. The van der Waals surface area contributed by atoms with Gasteiger partial charge in [-0.05, 0) is 13.3 Å². The lowest BCUT2D eigenvalue weighted by molar-refractivity contribution is 0.386. The number of methoxy groups -OCH3 is 1. The molecule has 3 nitrogen and oxygen atoms in total. The van der Waals surface area contributed by atoms with Crippen molar-refractivity contribution >= 4 is 11.4 Å². The Morgan fingerprint density at radius 1 is 1.50 bits per heavy atom. The van der Waals surface area contributed by atoms with E-state index in [1.54, 1.807) is 6.07 Å². The molecule has 1 aromatic rings. The summed E-state index contributed by atoms with van der Waals surface area (Å²) in [5, 5.41) is 0. The summed E-state index contributed by atoms with van der Waals surface area (Å²) in [4.78, 5) is 2.03. The van der Waals surface area contributed by atoms with Crippen molar-refractivity contribution in [3.8, 4) is 5.75 Å². The van der Waals surface area contributed by atoms with Crippen LogP contribution in [-0.4, -0.2) is 20.2 Å². The zero-order chi connectivity index (χ0) is 12.3. The Kier molecular flexibility index (Phi) is 3.99. The van der Waals surface area contributed by atoms with Crippen LogP contribution in [0.3, 0.4) is 0 Å². The summed E-state index contributed by atoms with van der Waals surface area (Å²) in [6.07, 6.45) is 0.996. The van der Waals surface area contributed by atoms with Gasteiger partial charge < -0.3 is 15.4 Å². The van der Waals surface area contributed by atoms with Crippen molar-refractivity contribution in [2.45, 2.75) is 26.3 Å². The van der Waals surface area contributed by atoms with Gasteiger partial charge in [-0.1, -0.05) is 6.92 Å². The third kappa shape index (κ3) is 2.38. The number of nitrogens with two attached hydrogens (primary N) is 1. The molecule has 0 heterocycles. The van der Waals surface area contributed by atoms with Crippen molar-refractivity contribution in [3.05, 3.63) is 17.9 Å². The summed E-state index contributed by atoms with van der Waals surface area (Å²) < 4.78 is 18.3. The standard InChI is InChI=1S/C12H19FN2O/c1-5-8(2)15(3)11-7-12(16-4)9(13)6-10(11)14/h6-8H,5,14H2,1-4H3. The maximum atomic E-state index is 13.4. The molecule has 0 bridgehead atoms. The highest BCUT2D eigenvalue weighted by Crippen LogP contribution is 2.31. The van der Waals surface area contributed by atoms with Gasteiger partial charge in [0, 0.05) is 25.2 Å². The molecule has 0 aliphatic rings. The minimum Gasteiger partial charge on any atom is -0.494 e. The fraction of sp³-hybridized carbons (Fsp3) is 0.500. The molecule has 2 N–H and O–H groups in total. The quantitative estimate of drug-likeness (QED) is 0.802. The van der Waals surface area contributed by atoms with Crippen LogP contribution in [0.15, 0.2) is 12.1 Å². The summed E-state index contributed by atoms with van der Waals surface area (Å²) in [7, 11) is 3.39. The van der Waals surface area contributed by atoms with Gasteiger partial charge >= 0.3 is 0 Å². The highest BCUT2D eigenvalue weighted by atomic mass is 19.1. The lowest BCUT2D eigenvalue weighted by Crippen LogP contribution is -2.28. The number of hydrogen-bond acceptors (Lipinski definition) is 3. The zero-order valence-corrected chi connectivity index (χ0v) is 10.2. The van der Waals surface area contributed by atoms with E-state index >= 15 is 0 Å². The predicted molar refractivity (Wildman–Crippen MR) is 65.5 cm³/mol. The lowest BCUT2D eigenvalue weighted by Gasteiger charge is -2.27. The molecule has 0 amide bonds. The molecule has 16 heavy (non-hydrogen) atoms. The van der Waals surface area contributed by atoms with Gasteiger partial charge in [-0.25, -0.2) is 4.39 Å². The molecule has 0 aliphatic heterocycles. The Balaban J connectivity index is 3.13. The first-order valence-corrected chi connectivity index (χ1v) is 5.37. The van der Waals surface area contributed by atoms with Crippen LogP contribution in [-0.2, 0) is 0 Å². The molecule has 0 aromatic heterocycles. The van der Waals surface area contributed by atoms with Crippen LogP contribution in [0.2, 0.25) is 0 Å². The summed E-state index contributed by atoms with van der Waals surface area (Å²) in [5.74, 6) is -0.208. The van der Waals surface area contributed by atoms with Gasteiger partial charge in [-0.3, -0.25) is 0 Å². The first-order valence-electron chi connectivity index (χ1n) is 5.37. The van der Waals surface area contributed by atoms with E-state index in [0.717, 1.165) is 12.1 Å². The highest BCUT2D eigenvalue weighted by Gasteiger charge is 2.14. The molecule has 0 fully saturated rings. The second-order valence-corrected chi connectivity index (χ2v) is 3.91. The number of nitrogens with zero attached hydrogens (tertiary/aromatic N) is 1. The molecular weight excluding hydrogens is 207 g/mol. The fourth-order valence-corrected chi connectivity index (χ4v) is 1.53. The molecule has 0 aliphatic carbocycles. The van der Waals surface area contributed by atoms with E-state index in [4.69, 9.17) is 10.5 Å². The van der Waals surface area contributed by atoms with Crippen LogP contribution in [0.5, 0.6) is 5.75 Å². The summed E-state index contributed by atoms with van der Waals surface area (Å²) >= 11 is 0. The Labute approximate surface area is 96.0 Å². The van der Waals surface area contributed by atoms with E-state index in [2.05, 4.69) is 13.8 Å². The number of benzene rings is 1. The minimum absolute atomic E-state index is 0.222. The Morgan fingerprint density at radius 3 is 2.62 bits per heavy atom. The second kappa shape index (κ2) is 5.05. The van der Waals surface area contributed by atoms with Gasteiger partial charge in [0.25, 0.3) is 0 Å². The number of ether oxygens (including phenoxy) is 1. The molecule has 1 aromatic carbocycles. The molecule has 0 saturated carbocycles. The maximum absolute atomic E-state index is 13.4. The predicted octanol–water partition coefficient (Wildman–Crippen LogP) is 2.65. The molecule has 1 unspecified atom stereocenters. The van der Waals surface area contributed by atoms with E-state index in [9.17, 15) is 4.39 Å². The minimum atomic E-state index is -0.429. The number of rotatable bonds is 4. The Hall–Kier alpha value is -1.45. The summed E-state index contributed by atoms with van der Waals surface area (Å²) in [6, 6.07) is 3.28. The van der Waals surface area contributed by atoms with Crippen LogP contribution in [0.25, 0.3) is 0 Å². The van der Waals surface area contributed by atoms with Crippen LogP contribution in [0, 0.1) is 5.82 Å². The van der Waals surface area contributed by atoms with E-state index in [0.29, 0.717) is 11.7 Å². The maximum Gasteiger partial charge on any atom is 0.167 e. The van der Waals surface area contributed by atoms with Crippen LogP contribution in [0.4, 0.5) is 15.8 Å². The molecule has 90 valence electrons. The summed E-state index contributed by atoms with van der Waals surface area (Å²) in [5.41, 5.74) is 7.03. The van der Waals surface area contributed by atoms with Gasteiger partial charge in [0.2, 0.25) is 0 Å². The van der Waals surface area contributed by atoms with E-state index in [1.807, 2.05) is 11.9 Å². The van der Waals surface area contributed by atoms with Crippen molar-refractivity contribution < 1.29 is 9.13 Å². The highest BCUT2D eigenvalue weighted by molar-refractivity contribution is 5.70. The largest absolute Gasteiger partial charge is 0.494 e. The van der Waals surface area contributed by atoms with E-state index < -0.39 is 5.82 Å². The van der Waals surface area contributed by atoms with Crippen molar-refractivity contribution in [3.63, 3.8) is 0 Å². The van der Waals surface area contributed by atoms with Crippen LogP contribution >= 0.6 is 0 Å². The van der Waals surface area contributed by atoms with Gasteiger partial charge in [0.05, 0.1) is 18.5 Å². The van der Waals surface area contributed by atoms with Gasteiger partial charge in [-0.2, -0.15) is 0 Å². The first-order chi connectivity index (χ1) is 7.51. The monoisotopic (exact) mass is 226 g/mol. The second-order valence-electron chi connectivity index (χ2n) is 3.91. The average molecular weight is 226 g/mol. The molecule has 0 spiro atoms. The average Bonchev–Trinajstić information content (AvgIpc) is 2.27. The SMILES string of the molecule is CCC(C)N(C)c1cc(OC)c(F)cc1N. The van der Waals surface area contributed by atoms with Crippen molar-refractivity contribution in [2.75, 3.05) is 24.8 Å². The molecule has 4 heteroatoms. The smallest absolute Gasteiger partial charge is 0.167 e. The third-order valence-electron chi connectivity index (χ3n) is 2.93. The zero-order valence-electron chi connectivity index (χ0n) is 10.2. The molecule has 1 rings (SSSR count). The molecule has 0 radical (unpaired) electrons. The normalized spacial score (nSPS) is 12.3. The number of anilines is 2. The number of hydrogen-bond donors (Lipinski definition) is 1. The molecular formula is C12H19FN2O. The topological polar surface area (TPSA) is 38.5 Å². The lowest BCUT2D eigenvalue weighted by atomic mass is 10.1. The van der Waals surface area contributed by atoms with Crippen molar-refractivity contribution in [2.24, 2.45) is 0 Å². The Bertz CT molecular complexity index is 368. The van der Waals surface area contributed by atoms with Crippen LogP contribution < -0.4 is 15.4 Å². The van der Waals surface area contributed by atoms with E-state index in [-0.39, 0.29) is 5.75 Å².